The molecule has 6 nitrogen and oxygen atoms in total. The summed E-state index contributed by atoms with van der Waals surface area (Å²) in [5.74, 6) is -1.80. The third kappa shape index (κ3) is 5.25. The number of esters is 1. The van der Waals surface area contributed by atoms with Crippen molar-refractivity contribution in [3.8, 4) is 0 Å². The molecule has 0 bridgehead atoms. The fourth-order valence-corrected chi connectivity index (χ4v) is 1.70. The lowest BCUT2D eigenvalue weighted by molar-refractivity contribution is -0.145. The van der Waals surface area contributed by atoms with Crippen molar-refractivity contribution in [1.29, 1.82) is 0 Å². The van der Waals surface area contributed by atoms with Crippen LogP contribution in [-0.2, 0) is 19.1 Å². The number of aryl methyl sites for hydroxylation is 1. The van der Waals surface area contributed by atoms with Crippen LogP contribution in [0.15, 0.2) is 24.3 Å². The highest BCUT2D eigenvalue weighted by molar-refractivity contribution is 6.39. The third-order valence-electron chi connectivity index (χ3n) is 2.99. The van der Waals surface area contributed by atoms with Crippen LogP contribution in [0.25, 0.3) is 0 Å². The van der Waals surface area contributed by atoms with E-state index < -0.39 is 17.8 Å². The SMILES string of the molecule is CCN(CCC(=O)OC)C(=O)C(=O)Nc1ccc(C)cc1. The highest BCUT2D eigenvalue weighted by atomic mass is 16.5. The third-order valence-corrected chi connectivity index (χ3v) is 2.99. The molecule has 1 aromatic rings. The fraction of sp³-hybridized carbons (Fsp3) is 0.400. The van der Waals surface area contributed by atoms with E-state index in [1.807, 2.05) is 19.1 Å². The lowest BCUT2D eigenvalue weighted by atomic mass is 10.2. The number of methoxy groups -OCH3 is 1. The Morgan fingerprint density at radius 1 is 1.19 bits per heavy atom. The van der Waals surface area contributed by atoms with E-state index in [0.717, 1.165) is 5.56 Å². The number of carbonyl (C=O) groups excluding carboxylic acids is 3. The highest BCUT2D eigenvalue weighted by Crippen LogP contribution is 2.09. The smallest absolute Gasteiger partial charge is 0.313 e. The molecule has 0 aliphatic carbocycles. The van der Waals surface area contributed by atoms with E-state index in [4.69, 9.17) is 0 Å². The maximum atomic E-state index is 12.0. The molecule has 1 aromatic carbocycles. The van der Waals surface area contributed by atoms with Crippen LogP contribution >= 0.6 is 0 Å². The van der Waals surface area contributed by atoms with Gasteiger partial charge in [-0.25, -0.2) is 0 Å². The van der Waals surface area contributed by atoms with Crippen LogP contribution in [0.1, 0.15) is 18.9 Å². The Balaban J connectivity index is 2.60. The number of rotatable bonds is 5. The number of anilines is 1. The molecule has 0 aliphatic heterocycles. The zero-order chi connectivity index (χ0) is 15.8. The molecule has 0 radical (unpaired) electrons. The number of benzene rings is 1. The molecule has 114 valence electrons. The van der Waals surface area contributed by atoms with Gasteiger partial charge in [-0.05, 0) is 26.0 Å². The molecule has 1 rings (SSSR count). The molecular formula is C15H20N2O4. The Kier molecular flexibility index (Phi) is 6.39. The number of amides is 2. The number of hydrogen-bond donors (Lipinski definition) is 1. The summed E-state index contributed by atoms with van der Waals surface area (Å²) in [5, 5.41) is 2.54. The van der Waals surface area contributed by atoms with Gasteiger partial charge in [-0.2, -0.15) is 0 Å². The molecule has 0 fully saturated rings. The number of nitrogens with one attached hydrogen (secondary N) is 1. The molecule has 0 aromatic heterocycles. The molecule has 0 atom stereocenters. The molecule has 1 N–H and O–H groups in total. The van der Waals surface area contributed by atoms with Gasteiger partial charge in [-0.1, -0.05) is 17.7 Å². The Hall–Kier alpha value is -2.37. The quantitative estimate of drug-likeness (QED) is 0.656. The molecule has 0 spiro atoms. The van der Waals surface area contributed by atoms with Gasteiger partial charge in [0.1, 0.15) is 0 Å². The summed E-state index contributed by atoms with van der Waals surface area (Å²) in [6.07, 6.45) is 0.0634. The fourth-order valence-electron chi connectivity index (χ4n) is 1.70. The van der Waals surface area contributed by atoms with Crippen LogP contribution in [0.2, 0.25) is 0 Å². The summed E-state index contributed by atoms with van der Waals surface area (Å²) in [5.41, 5.74) is 1.62. The summed E-state index contributed by atoms with van der Waals surface area (Å²) in [4.78, 5) is 36.3. The van der Waals surface area contributed by atoms with Crippen LogP contribution < -0.4 is 5.32 Å². The van der Waals surface area contributed by atoms with E-state index in [2.05, 4.69) is 10.1 Å². The van der Waals surface area contributed by atoms with Crippen molar-refractivity contribution in [2.45, 2.75) is 20.3 Å². The summed E-state index contributed by atoms with van der Waals surface area (Å²) in [6, 6.07) is 7.14. The average molecular weight is 292 g/mol. The number of hydrogen-bond acceptors (Lipinski definition) is 4. The molecule has 2 amide bonds. The number of nitrogens with zero attached hydrogens (tertiary/aromatic N) is 1. The zero-order valence-electron chi connectivity index (χ0n) is 12.5. The topological polar surface area (TPSA) is 75.7 Å². The van der Waals surface area contributed by atoms with Gasteiger partial charge in [0.05, 0.1) is 13.5 Å². The van der Waals surface area contributed by atoms with Crippen LogP contribution in [0.4, 0.5) is 5.69 Å². The Morgan fingerprint density at radius 2 is 1.81 bits per heavy atom. The maximum absolute atomic E-state index is 12.0. The van der Waals surface area contributed by atoms with Gasteiger partial charge >= 0.3 is 17.8 Å². The predicted octanol–water partition coefficient (Wildman–Crippen LogP) is 1.35. The lowest BCUT2D eigenvalue weighted by Gasteiger charge is -2.19. The first-order valence-electron chi connectivity index (χ1n) is 6.71. The number of likely N-dealkylation sites (N-methyl/N-ethyl adjacent to an activating group) is 1. The first-order valence-corrected chi connectivity index (χ1v) is 6.71. The van der Waals surface area contributed by atoms with Crippen molar-refractivity contribution < 1.29 is 19.1 Å². The molecule has 6 heteroatoms. The number of ether oxygens (including phenoxy) is 1. The molecule has 0 unspecified atom stereocenters. The monoisotopic (exact) mass is 292 g/mol. The van der Waals surface area contributed by atoms with Gasteiger partial charge in [0.2, 0.25) is 0 Å². The predicted molar refractivity (Wildman–Crippen MR) is 78.7 cm³/mol. The van der Waals surface area contributed by atoms with Crippen molar-refractivity contribution in [2.24, 2.45) is 0 Å². The van der Waals surface area contributed by atoms with Gasteiger partial charge in [-0.3, -0.25) is 14.4 Å². The first-order chi connectivity index (χ1) is 9.97. The maximum Gasteiger partial charge on any atom is 0.313 e. The second-order valence-electron chi connectivity index (χ2n) is 4.53. The Labute approximate surface area is 124 Å². The van der Waals surface area contributed by atoms with Crippen molar-refractivity contribution in [3.05, 3.63) is 29.8 Å². The second kappa shape index (κ2) is 8.04. The second-order valence-corrected chi connectivity index (χ2v) is 4.53. The van der Waals surface area contributed by atoms with Crippen LogP contribution in [0.5, 0.6) is 0 Å². The minimum atomic E-state index is -0.717. The lowest BCUT2D eigenvalue weighted by Crippen LogP contribution is -2.40. The van der Waals surface area contributed by atoms with Crippen LogP contribution in [-0.4, -0.2) is 42.9 Å². The molecule has 21 heavy (non-hydrogen) atoms. The minimum Gasteiger partial charge on any atom is -0.469 e. The Morgan fingerprint density at radius 3 is 2.33 bits per heavy atom. The van der Waals surface area contributed by atoms with Gasteiger partial charge in [0.25, 0.3) is 0 Å². The average Bonchev–Trinajstić information content (AvgIpc) is 2.49. The van der Waals surface area contributed by atoms with Crippen molar-refractivity contribution >= 4 is 23.5 Å². The van der Waals surface area contributed by atoms with Crippen molar-refractivity contribution in [3.63, 3.8) is 0 Å². The van der Waals surface area contributed by atoms with Gasteiger partial charge in [-0.15, -0.1) is 0 Å². The van der Waals surface area contributed by atoms with E-state index in [0.29, 0.717) is 12.2 Å². The van der Waals surface area contributed by atoms with E-state index in [9.17, 15) is 14.4 Å². The zero-order valence-corrected chi connectivity index (χ0v) is 12.5. The van der Waals surface area contributed by atoms with Crippen LogP contribution in [0.3, 0.4) is 0 Å². The molecule has 0 heterocycles. The van der Waals surface area contributed by atoms with E-state index in [1.165, 1.54) is 12.0 Å². The van der Waals surface area contributed by atoms with Gasteiger partial charge in [0.15, 0.2) is 0 Å². The Bertz CT molecular complexity index is 511. The molecule has 0 aliphatic rings. The largest absolute Gasteiger partial charge is 0.469 e. The van der Waals surface area contributed by atoms with E-state index in [-0.39, 0.29) is 13.0 Å². The van der Waals surface area contributed by atoms with Crippen molar-refractivity contribution in [2.75, 3.05) is 25.5 Å². The van der Waals surface area contributed by atoms with Crippen LogP contribution in [0, 0.1) is 6.92 Å². The summed E-state index contributed by atoms with van der Waals surface area (Å²) in [6.45, 7) is 4.18. The first kappa shape index (κ1) is 16.7. The molecule has 0 saturated heterocycles. The van der Waals surface area contributed by atoms with E-state index >= 15 is 0 Å². The summed E-state index contributed by atoms with van der Waals surface area (Å²) < 4.78 is 4.51. The number of carbonyl (C=O) groups is 3. The van der Waals surface area contributed by atoms with Gasteiger partial charge < -0.3 is 15.0 Å². The molecular weight excluding hydrogens is 272 g/mol. The standard InChI is InChI=1S/C15H20N2O4/c1-4-17(10-9-13(18)21-3)15(20)14(19)16-12-7-5-11(2)6-8-12/h5-8H,4,9-10H2,1-3H3,(H,16,19). The summed E-state index contributed by atoms with van der Waals surface area (Å²) >= 11 is 0. The summed E-state index contributed by atoms with van der Waals surface area (Å²) in [7, 11) is 1.28. The highest BCUT2D eigenvalue weighted by Gasteiger charge is 2.21. The van der Waals surface area contributed by atoms with E-state index in [1.54, 1.807) is 19.1 Å². The van der Waals surface area contributed by atoms with Crippen molar-refractivity contribution in [1.82, 2.24) is 4.90 Å². The van der Waals surface area contributed by atoms with Gasteiger partial charge in [0, 0.05) is 18.8 Å². The normalized spacial score (nSPS) is 9.86. The minimum absolute atomic E-state index is 0.0634. The molecule has 0 saturated carbocycles.